The van der Waals surface area contributed by atoms with Crippen molar-refractivity contribution in [3.8, 4) is 11.5 Å². The smallest absolute Gasteiger partial charge is 0.248 e. The van der Waals surface area contributed by atoms with Gasteiger partial charge in [-0.2, -0.15) is 0 Å². The third-order valence-corrected chi connectivity index (χ3v) is 5.09. The highest BCUT2D eigenvalue weighted by molar-refractivity contribution is 6.30. The molecule has 0 spiro atoms. The molecule has 0 aliphatic carbocycles. The highest BCUT2D eigenvalue weighted by Gasteiger charge is 2.24. The van der Waals surface area contributed by atoms with Crippen molar-refractivity contribution in [3.63, 3.8) is 0 Å². The molecule has 1 aromatic carbocycles. The molecule has 0 unspecified atom stereocenters. The van der Waals surface area contributed by atoms with Crippen molar-refractivity contribution in [2.75, 3.05) is 33.7 Å². The lowest BCUT2D eigenvalue weighted by molar-refractivity contribution is -0.137. The second kappa shape index (κ2) is 7.88. The van der Waals surface area contributed by atoms with Crippen LogP contribution >= 0.6 is 11.6 Å². The van der Waals surface area contributed by atoms with Crippen LogP contribution in [-0.4, -0.2) is 55.6 Å². The van der Waals surface area contributed by atoms with E-state index in [9.17, 15) is 4.79 Å². The maximum Gasteiger partial charge on any atom is 0.248 e. The summed E-state index contributed by atoms with van der Waals surface area (Å²) in [6.45, 7) is 1.81. The molecule has 8 heteroatoms. The van der Waals surface area contributed by atoms with Gasteiger partial charge in [0, 0.05) is 43.8 Å². The van der Waals surface area contributed by atoms with Crippen molar-refractivity contribution in [1.29, 1.82) is 0 Å². The Kier molecular flexibility index (Phi) is 5.33. The van der Waals surface area contributed by atoms with Crippen molar-refractivity contribution in [2.24, 2.45) is 0 Å². The summed E-state index contributed by atoms with van der Waals surface area (Å²) in [5.74, 6) is 1.24. The molecule has 0 radical (unpaired) electrons. The Balaban J connectivity index is 1.61. The Hall–Kier alpha value is -2.09. The van der Waals surface area contributed by atoms with Crippen LogP contribution in [0.4, 0.5) is 0 Å². The Morgan fingerprint density at radius 1 is 1.33 bits per heavy atom. The molecule has 2 aromatic rings. The molecule has 1 amide bonds. The normalized spacial score (nSPS) is 18.2. The molecule has 4 rings (SSSR count). The molecule has 1 fully saturated rings. The minimum absolute atomic E-state index is 0.0179. The van der Waals surface area contributed by atoms with E-state index in [1.54, 1.807) is 4.90 Å². The van der Waals surface area contributed by atoms with Gasteiger partial charge in [-0.15, -0.1) is 0 Å². The minimum atomic E-state index is -0.102. The monoisotopic (exact) mass is 392 g/mol. The van der Waals surface area contributed by atoms with E-state index in [0.717, 1.165) is 35.9 Å². The highest BCUT2D eigenvalue weighted by Crippen LogP contribution is 2.36. The summed E-state index contributed by atoms with van der Waals surface area (Å²) in [5.41, 5.74) is 1.49. The first-order chi connectivity index (χ1) is 13.1. The van der Waals surface area contributed by atoms with Gasteiger partial charge in [-0.3, -0.25) is 4.79 Å². The van der Waals surface area contributed by atoms with Gasteiger partial charge in [0.15, 0.2) is 11.5 Å². The molecule has 1 aromatic heterocycles. The molecule has 0 bridgehead atoms. The van der Waals surface area contributed by atoms with Crippen molar-refractivity contribution >= 4 is 28.4 Å². The third kappa shape index (κ3) is 3.95. The van der Waals surface area contributed by atoms with E-state index in [1.807, 2.05) is 18.2 Å². The highest BCUT2D eigenvalue weighted by atomic mass is 35.5. The molecule has 7 nitrogen and oxygen atoms in total. The largest absolute Gasteiger partial charge is 0.454 e. The predicted molar refractivity (Wildman–Crippen MR) is 99.1 cm³/mol. The van der Waals surface area contributed by atoms with E-state index in [1.165, 1.54) is 7.11 Å². The van der Waals surface area contributed by atoms with Gasteiger partial charge < -0.3 is 23.8 Å². The molecule has 1 atom stereocenters. The third-order valence-electron chi connectivity index (χ3n) is 4.76. The second-order valence-electron chi connectivity index (χ2n) is 6.68. The molecule has 27 heavy (non-hydrogen) atoms. The second-order valence-corrected chi connectivity index (χ2v) is 7.04. The maximum absolute atomic E-state index is 12.5. The van der Waals surface area contributed by atoms with E-state index < -0.39 is 0 Å². The van der Waals surface area contributed by atoms with Gasteiger partial charge in [0.2, 0.25) is 12.7 Å². The van der Waals surface area contributed by atoms with Gasteiger partial charge in [-0.25, -0.2) is 4.98 Å². The van der Waals surface area contributed by atoms with Crippen molar-refractivity contribution in [2.45, 2.75) is 25.5 Å². The lowest BCUT2D eigenvalue weighted by atomic mass is 10.1. The van der Waals surface area contributed by atoms with Crippen LogP contribution in [0.3, 0.4) is 0 Å². The van der Waals surface area contributed by atoms with Crippen LogP contribution < -0.4 is 9.47 Å². The van der Waals surface area contributed by atoms with Crippen LogP contribution in [0.1, 0.15) is 18.4 Å². The maximum atomic E-state index is 12.5. The zero-order valence-corrected chi connectivity index (χ0v) is 15.8. The van der Waals surface area contributed by atoms with Gasteiger partial charge >= 0.3 is 0 Å². The summed E-state index contributed by atoms with van der Waals surface area (Å²) in [5, 5.41) is 1.25. The Bertz CT molecular complexity index is 854. The Morgan fingerprint density at radius 2 is 2.15 bits per heavy atom. The number of pyridine rings is 1. The van der Waals surface area contributed by atoms with Crippen molar-refractivity contribution < 1.29 is 23.7 Å². The number of halogens is 1. The van der Waals surface area contributed by atoms with Crippen LogP contribution in [0.2, 0.25) is 5.15 Å². The number of amides is 1. The lowest BCUT2D eigenvalue weighted by Crippen LogP contribution is -2.39. The average Bonchev–Trinajstić information content (AvgIpc) is 3.31. The van der Waals surface area contributed by atoms with Crippen LogP contribution in [0, 0.1) is 0 Å². The van der Waals surface area contributed by atoms with Gasteiger partial charge in [-0.05, 0) is 25.0 Å². The van der Waals surface area contributed by atoms with Gasteiger partial charge in [0.05, 0.1) is 11.6 Å². The van der Waals surface area contributed by atoms with E-state index in [2.05, 4.69) is 4.98 Å². The number of rotatable bonds is 6. The van der Waals surface area contributed by atoms with Crippen molar-refractivity contribution in [3.05, 3.63) is 28.9 Å². The van der Waals surface area contributed by atoms with E-state index in [4.69, 9.17) is 30.5 Å². The fraction of sp³-hybridized carbons (Fsp3) is 0.474. The van der Waals surface area contributed by atoms with Crippen LogP contribution in [0.15, 0.2) is 18.2 Å². The number of carbonyl (C=O) groups excluding carboxylic acids is 1. The molecule has 144 valence electrons. The predicted octanol–water partition coefficient (Wildman–Crippen LogP) is 2.77. The number of carbonyl (C=O) groups is 1. The van der Waals surface area contributed by atoms with Crippen molar-refractivity contribution in [1.82, 2.24) is 9.88 Å². The van der Waals surface area contributed by atoms with E-state index in [0.29, 0.717) is 29.7 Å². The van der Waals surface area contributed by atoms with Gasteiger partial charge in [0.1, 0.15) is 11.8 Å². The first kappa shape index (κ1) is 18.3. The van der Waals surface area contributed by atoms with E-state index >= 15 is 0 Å². The topological polar surface area (TPSA) is 70.1 Å². The first-order valence-electron chi connectivity index (χ1n) is 8.91. The van der Waals surface area contributed by atoms with Gasteiger partial charge in [-0.1, -0.05) is 11.6 Å². The number of hydrogen-bond acceptors (Lipinski definition) is 6. The molecule has 2 aliphatic rings. The number of aromatic nitrogens is 1. The zero-order chi connectivity index (χ0) is 18.8. The molecule has 2 aliphatic heterocycles. The number of benzene rings is 1. The van der Waals surface area contributed by atoms with E-state index in [-0.39, 0.29) is 25.4 Å². The SMILES string of the molecule is COCC(=O)N(Cc1cc2cc3c(cc2nc1Cl)OCO3)C[C@@H]1CCCO1. The zero-order valence-electron chi connectivity index (χ0n) is 15.1. The van der Waals surface area contributed by atoms with Gasteiger partial charge in [0.25, 0.3) is 0 Å². The first-order valence-corrected chi connectivity index (χ1v) is 9.29. The number of nitrogens with zero attached hydrogens (tertiary/aromatic N) is 2. The Morgan fingerprint density at radius 3 is 2.89 bits per heavy atom. The summed E-state index contributed by atoms with van der Waals surface area (Å²) in [6, 6.07) is 5.63. The quantitative estimate of drug-likeness (QED) is 0.704. The van der Waals surface area contributed by atoms with Crippen LogP contribution in [-0.2, 0) is 20.8 Å². The fourth-order valence-corrected chi connectivity index (χ4v) is 3.61. The summed E-state index contributed by atoms with van der Waals surface area (Å²) >= 11 is 6.41. The number of hydrogen-bond donors (Lipinski definition) is 0. The molecule has 0 N–H and O–H groups in total. The molecule has 3 heterocycles. The number of ether oxygens (including phenoxy) is 4. The average molecular weight is 393 g/mol. The summed E-state index contributed by atoms with van der Waals surface area (Å²) in [4.78, 5) is 18.7. The number of fused-ring (bicyclic) bond motifs is 2. The number of methoxy groups -OCH3 is 1. The molecule has 1 saturated heterocycles. The molecule has 0 saturated carbocycles. The summed E-state index contributed by atoms with van der Waals surface area (Å²) < 4.78 is 21.5. The molecular weight excluding hydrogens is 372 g/mol. The minimum Gasteiger partial charge on any atom is -0.454 e. The fourth-order valence-electron chi connectivity index (χ4n) is 3.40. The molecular formula is C19H21ClN2O5. The standard InChI is InChI=1S/C19H21ClN2O5/c1-24-10-18(23)22(9-14-3-2-4-25-14)8-13-5-12-6-16-17(27-11-26-16)7-15(12)21-19(13)20/h5-7,14H,2-4,8-11H2,1H3/t14-/m0/s1. The Labute approximate surface area is 162 Å². The lowest BCUT2D eigenvalue weighted by Gasteiger charge is -2.25. The van der Waals surface area contributed by atoms with Crippen LogP contribution in [0.25, 0.3) is 10.9 Å². The van der Waals surface area contributed by atoms with Crippen LogP contribution in [0.5, 0.6) is 11.5 Å². The summed E-state index contributed by atoms with van der Waals surface area (Å²) in [6.07, 6.45) is 2.01. The summed E-state index contributed by atoms with van der Waals surface area (Å²) in [7, 11) is 1.51.